The number of ether oxygens (including phenoxy) is 1. The van der Waals surface area contributed by atoms with Crippen LogP contribution in [-0.2, 0) is 10.2 Å². The third-order valence-corrected chi connectivity index (χ3v) is 4.20. The summed E-state index contributed by atoms with van der Waals surface area (Å²) in [5.74, 6) is -0.250. The van der Waals surface area contributed by atoms with Crippen molar-refractivity contribution in [3.8, 4) is 0 Å². The zero-order valence-corrected chi connectivity index (χ0v) is 13.6. The molecule has 1 aromatic carbocycles. The van der Waals surface area contributed by atoms with Gasteiger partial charge in [-0.3, -0.25) is 0 Å². The number of carbonyl (C=O) groups is 1. The Bertz CT molecular complexity index is 532. The minimum Gasteiger partial charge on any atom is -0.444 e. The molecular formula is C17H25FN2O2. The first-order chi connectivity index (χ1) is 10.3. The first kappa shape index (κ1) is 16.7. The molecule has 1 saturated heterocycles. The minimum atomic E-state index is -0.498. The maximum absolute atomic E-state index is 13.5. The lowest BCUT2D eigenvalue weighted by atomic mass is 9.73. The van der Waals surface area contributed by atoms with Crippen molar-refractivity contribution in [3.63, 3.8) is 0 Å². The van der Waals surface area contributed by atoms with Crippen LogP contribution >= 0.6 is 0 Å². The second-order valence-corrected chi connectivity index (χ2v) is 6.96. The van der Waals surface area contributed by atoms with E-state index >= 15 is 0 Å². The SMILES string of the molecule is CC(C)(C)OC(=O)N1CCC(CN)(c2cccc(F)c2)CC1. The zero-order valence-electron chi connectivity index (χ0n) is 13.6. The number of benzene rings is 1. The maximum atomic E-state index is 13.5. The molecule has 2 rings (SSSR count). The van der Waals surface area contributed by atoms with Crippen molar-refractivity contribution in [2.45, 2.75) is 44.6 Å². The molecule has 1 aliphatic rings. The molecule has 0 spiro atoms. The molecule has 1 aliphatic heterocycles. The average molecular weight is 308 g/mol. The Balaban J connectivity index is 2.07. The van der Waals surface area contributed by atoms with E-state index in [4.69, 9.17) is 10.5 Å². The smallest absolute Gasteiger partial charge is 0.410 e. The normalized spacial score (nSPS) is 18.1. The number of halogens is 1. The Morgan fingerprint density at radius 3 is 2.50 bits per heavy atom. The lowest BCUT2D eigenvalue weighted by Crippen LogP contribution is -2.49. The van der Waals surface area contributed by atoms with Crippen LogP contribution in [0, 0.1) is 5.82 Å². The number of hydrogen-bond donors (Lipinski definition) is 1. The second-order valence-electron chi connectivity index (χ2n) is 6.96. The predicted octanol–water partition coefficient (Wildman–Crippen LogP) is 3.05. The van der Waals surface area contributed by atoms with Crippen molar-refractivity contribution in [3.05, 3.63) is 35.6 Å². The largest absolute Gasteiger partial charge is 0.444 e. The molecule has 122 valence electrons. The fraction of sp³-hybridized carbons (Fsp3) is 0.588. The second kappa shape index (κ2) is 6.24. The topological polar surface area (TPSA) is 55.6 Å². The van der Waals surface area contributed by atoms with Gasteiger partial charge in [0.25, 0.3) is 0 Å². The summed E-state index contributed by atoms with van der Waals surface area (Å²) in [5, 5.41) is 0. The fourth-order valence-corrected chi connectivity index (χ4v) is 2.87. The number of hydrogen-bond acceptors (Lipinski definition) is 3. The van der Waals surface area contributed by atoms with E-state index in [2.05, 4.69) is 0 Å². The third-order valence-electron chi connectivity index (χ3n) is 4.20. The summed E-state index contributed by atoms with van der Waals surface area (Å²) < 4.78 is 18.9. The van der Waals surface area contributed by atoms with Crippen LogP contribution in [0.5, 0.6) is 0 Å². The molecule has 0 saturated carbocycles. The zero-order chi connectivity index (χ0) is 16.4. The summed E-state index contributed by atoms with van der Waals surface area (Å²) in [7, 11) is 0. The van der Waals surface area contributed by atoms with Gasteiger partial charge < -0.3 is 15.4 Å². The van der Waals surface area contributed by atoms with Crippen molar-refractivity contribution in [2.75, 3.05) is 19.6 Å². The van der Waals surface area contributed by atoms with Gasteiger partial charge in [-0.25, -0.2) is 9.18 Å². The van der Waals surface area contributed by atoms with Crippen LogP contribution in [-0.4, -0.2) is 36.2 Å². The van der Waals surface area contributed by atoms with Crippen molar-refractivity contribution < 1.29 is 13.9 Å². The van der Waals surface area contributed by atoms with Gasteiger partial charge in [0, 0.05) is 25.0 Å². The molecule has 2 N–H and O–H groups in total. The van der Waals surface area contributed by atoms with Crippen LogP contribution < -0.4 is 5.73 Å². The van der Waals surface area contributed by atoms with Crippen molar-refractivity contribution in [2.24, 2.45) is 5.73 Å². The first-order valence-electron chi connectivity index (χ1n) is 7.70. The van der Waals surface area contributed by atoms with E-state index in [1.54, 1.807) is 17.0 Å². The predicted molar refractivity (Wildman–Crippen MR) is 84.2 cm³/mol. The summed E-state index contributed by atoms with van der Waals surface area (Å²) in [6.07, 6.45) is 1.13. The molecule has 1 aromatic rings. The average Bonchev–Trinajstić information content (AvgIpc) is 2.45. The van der Waals surface area contributed by atoms with Crippen LogP contribution in [0.15, 0.2) is 24.3 Å². The maximum Gasteiger partial charge on any atom is 0.410 e. The standard InChI is InChI=1S/C17H25FN2O2/c1-16(2,3)22-15(21)20-9-7-17(12-19,8-10-20)13-5-4-6-14(18)11-13/h4-6,11H,7-10,12,19H2,1-3H3. The molecule has 1 fully saturated rings. The number of nitrogens with two attached hydrogens (primary N) is 1. The molecule has 0 unspecified atom stereocenters. The number of carbonyl (C=O) groups excluding carboxylic acids is 1. The van der Waals surface area contributed by atoms with Crippen LogP contribution in [0.2, 0.25) is 0 Å². The summed E-state index contributed by atoms with van der Waals surface area (Å²) in [6, 6.07) is 6.61. The highest BCUT2D eigenvalue weighted by molar-refractivity contribution is 5.68. The Kier molecular flexibility index (Phi) is 4.75. The number of piperidine rings is 1. The molecule has 22 heavy (non-hydrogen) atoms. The molecule has 0 atom stereocenters. The summed E-state index contributed by atoms with van der Waals surface area (Å²) in [5.41, 5.74) is 6.14. The number of amides is 1. The van der Waals surface area contributed by atoms with Gasteiger partial charge in [0.1, 0.15) is 11.4 Å². The molecule has 0 bridgehead atoms. The number of nitrogens with zero attached hydrogens (tertiary/aromatic N) is 1. The Hall–Kier alpha value is -1.62. The monoisotopic (exact) mass is 308 g/mol. The molecule has 1 amide bonds. The molecule has 0 aliphatic carbocycles. The summed E-state index contributed by atoms with van der Waals surface area (Å²) in [4.78, 5) is 13.8. The van der Waals surface area contributed by atoms with Crippen LogP contribution in [0.3, 0.4) is 0 Å². The van der Waals surface area contributed by atoms with E-state index in [0.717, 1.165) is 5.56 Å². The van der Waals surface area contributed by atoms with E-state index in [1.807, 2.05) is 26.8 Å². The van der Waals surface area contributed by atoms with E-state index in [-0.39, 0.29) is 17.3 Å². The van der Waals surface area contributed by atoms with Gasteiger partial charge in [0.05, 0.1) is 0 Å². The molecular weight excluding hydrogens is 283 g/mol. The highest BCUT2D eigenvalue weighted by atomic mass is 19.1. The van der Waals surface area contributed by atoms with E-state index in [1.165, 1.54) is 6.07 Å². The van der Waals surface area contributed by atoms with Gasteiger partial charge in [-0.05, 0) is 51.3 Å². The van der Waals surface area contributed by atoms with Crippen molar-refractivity contribution >= 4 is 6.09 Å². The highest BCUT2D eigenvalue weighted by Crippen LogP contribution is 2.35. The summed E-state index contributed by atoms with van der Waals surface area (Å²) in [6.45, 7) is 7.15. The van der Waals surface area contributed by atoms with Crippen molar-refractivity contribution in [1.29, 1.82) is 0 Å². The summed E-state index contributed by atoms with van der Waals surface area (Å²) >= 11 is 0. The number of likely N-dealkylation sites (tertiary alicyclic amines) is 1. The van der Waals surface area contributed by atoms with Crippen LogP contribution in [0.1, 0.15) is 39.2 Å². The van der Waals surface area contributed by atoms with Crippen LogP contribution in [0.25, 0.3) is 0 Å². The lowest BCUT2D eigenvalue weighted by Gasteiger charge is -2.41. The minimum absolute atomic E-state index is 0.250. The third kappa shape index (κ3) is 3.77. The molecule has 1 heterocycles. The molecule has 0 radical (unpaired) electrons. The number of rotatable bonds is 2. The molecule has 0 aromatic heterocycles. The van der Waals surface area contributed by atoms with Gasteiger partial charge in [-0.2, -0.15) is 0 Å². The van der Waals surface area contributed by atoms with Gasteiger partial charge in [0.2, 0.25) is 0 Å². The first-order valence-corrected chi connectivity index (χ1v) is 7.70. The molecule has 4 nitrogen and oxygen atoms in total. The van der Waals surface area contributed by atoms with Gasteiger partial charge in [-0.15, -0.1) is 0 Å². The Labute approximate surface area is 131 Å². The fourth-order valence-electron chi connectivity index (χ4n) is 2.87. The van der Waals surface area contributed by atoms with E-state index in [0.29, 0.717) is 32.5 Å². The van der Waals surface area contributed by atoms with Gasteiger partial charge in [0.15, 0.2) is 0 Å². The highest BCUT2D eigenvalue weighted by Gasteiger charge is 2.37. The lowest BCUT2D eigenvalue weighted by molar-refractivity contribution is 0.0167. The van der Waals surface area contributed by atoms with Gasteiger partial charge in [-0.1, -0.05) is 12.1 Å². The molecule has 5 heteroatoms. The Morgan fingerprint density at radius 1 is 1.36 bits per heavy atom. The van der Waals surface area contributed by atoms with Crippen molar-refractivity contribution in [1.82, 2.24) is 4.90 Å². The Morgan fingerprint density at radius 2 is 2.00 bits per heavy atom. The quantitative estimate of drug-likeness (QED) is 0.913. The van der Waals surface area contributed by atoms with E-state index in [9.17, 15) is 9.18 Å². The van der Waals surface area contributed by atoms with Crippen LogP contribution in [0.4, 0.5) is 9.18 Å². The van der Waals surface area contributed by atoms with Gasteiger partial charge >= 0.3 is 6.09 Å². The van der Waals surface area contributed by atoms with E-state index < -0.39 is 5.60 Å².